The number of nitrogens with zero attached hydrogens (tertiary/aromatic N) is 3. The number of nitrogens with one attached hydrogen (secondary N) is 4. The van der Waals surface area contributed by atoms with Crippen molar-refractivity contribution < 1.29 is 18.7 Å². The molecule has 2 fully saturated rings. The van der Waals surface area contributed by atoms with Gasteiger partial charge in [-0.2, -0.15) is 5.10 Å². The normalized spacial score (nSPS) is 18.4. The number of halogens is 1. The second-order valence-corrected chi connectivity index (χ2v) is 13.1. The predicted molar refractivity (Wildman–Crippen MR) is 186 cm³/mol. The van der Waals surface area contributed by atoms with Crippen LogP contribution in [0.3, 0.4) is 0 Å². The van der Waals surface area contributed by atoms with Gasteiger partial charge in [-0.05, 0) is 83.1 Å². The number of H-pyrrole nitrogens is 1. The Balaban J connectivity index is 0.000000290. The van der Waals surface area contributed by atoms with Crippen molar-refractivity contribution in [1.82, 2.24) is 30.4 Å². The first-order valence-corrected chi connectivity index (χ1v) is 17.5. The number of hydrogen-bond donors (Lipinski definition) is 4. The molecule has 10 nitrogen and oxygen atoms in total. The van der Waals surface area contributed by atoms with E-state index in [1.165, 1.54) is 15.8 Å². The van der Waals surface area contributed by atoms with Crippen LogP contribution in [0.25, 0.3) is 0 Å². The highest BCUT2D eigenvalue weighted by molar-refractivity contribution is 5.96. The number of piperidine rings is 1. The minimum atomic E-state index is -0.599. The third-order valence-corrected chi connectivity index (χ3v) is 9.13. The minimum absolute atomic E-state index is 0.0225. The Kier molecular flexibility index (Phi) is 17.6. The summed E-state index contributed by atoms with van der Waals surface area (Å²) >= 11 is 0. The number of amides is 2. The van der Waals surface area contributed by atoms with Crippen LogP contribution in [-0.2, 0) is 16.1 Å². The van der Waals surface area contributed by atoms with Crippen molar-refractivity contribution in [3.8, 4) is 0 Å². The summed E-state index contributed by atoms with van der Waals surface area (Å²) in [6, 6.07) is -0.225. The van der Waals surface area contributed by atoms with Gasteiger partial charge in [-0.15, -0.1) is 0 Å². The molecule has 0 radical (unpaired) electrons. The van der Waals surface area contributed by atoms with E-state index >= 15 is 0 Å². The van der Waals surface area contributed by atoms with Crippen LogP contribution in [0.2, 0.25) is 0 Å². The molecule has 2 aliphatic heterocycles. The Bertz CT molecular complexity index is 1290. The van der Waals surface area contributed by atoms with E-state index in [2.05, 4.69) is 60.3 Å². The SMILES string of the molecule is CC1CCC(=O)NC1.CCC(C)=C(C(C)=N)C1CCOCC1.CCC(C)CCCC(NC(=O)c1c(F)cnn1CC)c1cnc(C)[nH]1. The summed E-state index contributed by atoms with van der Waals surface area (Å²) in [5, 5.41) is 17.5. The molecule has 3 atom stereocenters. The van der Waals surface area contributed by atoms with Gasteiger partial charge in [0, 0.05) is 38.4 Å². The van der Waals surface area contributed by atoms with E-state index in [0.717, 1.165) is 101 Å². The number of aromatic amines is 1. The molecule has 4 heterocycles. The van der Waals surface area contributed by atoms with Crippen LogP contribution in [0.5, 0.6) is 0 Å². The molecule has 264 valence electrons. The number of aryl methyl sites for hydroxylation is 2. The lowest BCUT2D eigenvalue weighted by molar-refractivity contribution is -0.122. The van der Waals surface area contributed by atoms with Gasteiger partial charge in [-0.1, -0.05) is 52.5 Å². The zero-order valence-corrected chi connectivity index (χ0v) is 30.1. The molecule has 11 heteroatoms. The maximum atomic E-state index is 13.9. The Morgan fingerprint density at radius 3 is 2.38 bits per heavy atom. The lowest BCUT2D eigenvalue weighted by Crippen LogP contribution is -2.33. The van der Waals surface area contributed by atoms with Crippen molar-refractivity contribution >= 4 is 17.5 Å². The third-order valence-electron chi connectivity index (χ3n) is 9.13. The second-order valence-electron chi connectivity index (χ2n) is 13.1. The van der Waals surface area contributed by atoms with E-state index in [0.29, 0.717) is 24.3 Å². The highest BCUT2D eigenvalue weighted by atomic mass is 19.1. The molecule has 3 unspecified atom stereocenters. The maximum Gasteiger partial charge on any atom is 0.273 e. The van der Waals surface area contributed by atoms with Crippen LogP contribution in [0.4, 0.5) is 4.39 Å². The number of aromatic nitrogens is 4. The van der Waals surface area contributed by atoms with Gasteiger partial charge in [0.15, 0.2) is 11.5 Å². The topological polar surface area (TPSA) is 138 Å². The van der Waals surface area contributed by atoms with Crippen LogP contribution in [0.1, 0.15) is 134 Å². The maximum absolute atomic E-state index is 13.9. The van der Waals surface area contributed by atoms with Gasteiger partial charge >= 0.3 is 0 Å². The van der Waals surface area contributed by atoms with Crippen molar-refractivity contribution in [2.24, 2.45) is 17.8 Å². The summed E-state index contributed by atoms with van der Waals surface area (Å²) in [6.45, 7) is 19.5. The Morgan fingerprint density at radius 1 is 1.17 bits per heavy atom. The van der Waals surface area contributed by atoms with Crippen LogP contribution in [0.15, 0.2) is 23.5 Å². The number of allylic oxidation sites excluding steroid dienone is 2. The molecule has 2 saturated heterocycles. The van der Waals surface area contributed by atoms with Gasteiger partial charge in [-0.3, -0.25) is 14.3 Å². The summed E-state index contributed by atoms with van der Waals surface area (Å²) in [4.78, 5) is 30.5. The van der Waals surface area contributed by atoms with Crippen molar-refractivity contribution in [3.63, 3.8) is 0 Å². The van der Waals surface area contributed by atoms with Gasteiger partial charge < -0.3 is 25.8 Å². The standard InChI is InChI=1S/C18H28FN5O.C12H21NO.C6H11NO/c1-5-12(3)8-7-9-15(16-11-20-13(4)22-16)23-18(25)17-14(19)10-21-24(17)6-2;1-4-9(2)12(10(3)13)11-5-7-14-8-6-11;1-5-2-3-6(8)7-4-5/h10-12,15H,5-9H2,1-4H3,(H,20,22)(H,23,25);11,13H,4-8H2,1-3H3;5H,2-4H2,1H3,(H,7,8). The minimum Gasteiger partial charge on any atom is -0.381 e. The molecule has 0 saturated carbocycles. The summed E-state index contributed by atoms with van der Waals surface area (Å²) in [6.07, 6.45) is 11.8. The van der Waals surface area contributed by atoms with Gasteiger partial charge in [0.05, 0.1) is 24.1 Å². The molecule has 2 aliphatic rings. The molecular formula is C36H60FN7O3. The van der Waals surface area contributed by atoms with E-state index in [9.17, 15) is 14.0 Å². The monoisotopic (exact) mass is 657 g/mol. The van der Waals surface area contributed by atoms with Crippen LogP contribution in [0, 0.1) is 35.9 Å². The number of carbonyl (C=O) groups excluding carboxylic acids is 2. The molecule has 0 aliphatic carbocycles. The molecule has 4 rings (SSSR count). The van der Waals surface area contributed by atoms with Crippen LogP contribution >= 0.6 is 0 Å². The number of hydrogen-bond acceptors (Lipinski definition) is 6. The molecular weight excluding hydrogens is 597 g/mol. The Morgan fingerprint density at radius 2 is 1.87 bits per heavy atom. The first-order valence-electron chi connectivity index (χ1n) is 17.5. The summed E-state index contributed by atoms with van der Waals surface area (Å²) < 4.78 is 20.7. The van der Waals surface area contributed by atoms with Gasteiger partial charge in [0.25, 0.3) is 5.91 Å². The molecule has 0 aromatic carbocycles. The zero-order chi connectivity index (χ0) is 34.9. The second kappa shape index (κ2) is 20.8. The first-order chi connectivity index (χ1) is 22.4. The first kappa shape index (κ1) is 39.8. The largest absolute Gasteiger partial charge is 0.381 e. The molecule has 47 heavy (non-hydrogen) atoms. The number of rotatable bonds is 12. The van der Waals surface area contributed by atoms with Crippen molar-refractivity contribution in [1.29, 1.82) is 5.41 Å². The van der Waals surface area contributed by atoms with Gasteiger partial charge in [-0.25, -0.2) is 9.37 Å². The fourth-order valence-corrected chi connectivity index (χ4v) is 5.86. The van der Waals surface area contributed by atoms with Crippen molar-refractivity contribution in [3.05, 3.63) is 46.6 Å². The lowest BCUT2D eigenvalue weighted by atomic mass is 9.85. The molecule has 2 aromatic rings. The number of ether oxygens (including phenoxy) is 1. The Hall–Kier alpha value is -3.34. The number of imidazole rings is 1. The fourth-order valence-electron chi connectivity index (χ4n) is 5.86. The molecule has 2 aromatic heterocycles. The third kappa shape index (κ3) is 13.4. The van der Waals surface area contributed by atoms with E-state index in [1.54, 1.807) is 6.20 Å². The average molecular weight is 658 g/mol. The lowest BCUT2D eigenvalue weighted by Gasteiger charge is -2.26. The van der Waals surface area contributed by atoms with Crippen LogP contribution < -0.4 is 10.6 Å². The molecule has 2 amide bonds. The van der Waals surface area contributed by atoms with Crippen LogP contribution in [-0.4, -0.2) is 57.0 Å². The van der Waals surface area contributed by atoms with Gasteiger partial charge in [0.1, 0.15) is 5.82 Å². The van der Waals surface area contributed by atoms with Crippen molar-refractivity contribution in [2.45, 2.75) is 126 Å². The fraction of sp³-hybridized carbons (Fsp3) is 0.694. The average Bonchev–Trinajstić information content (AvgIpc) is 3.67. The molecule has 4 N–H and O–H groups in total. The highest BCUT2D eigenvalue weighted by Crippen LogP contribution is 2.27. The van der Waals surface area contributed by atoms with E-state index in [4.69, 9.17) is 10.1 Å². The quantitative estimate of drug-likeness (QED) is 0.176. The molecule has 0 bridgehead atoms. The number of carbonyl (C=O) groups is 2. The zero-order valence-electron chi connectivity index (χ0n) is 30.1. The highest BCUT2D eigenvalue weighted by Gasteiger charge is 2.24. The van der Waals surface area contributed by atoms with E-state index < -0.39 is 11.7 Å². The van der Waals surface area contributed by atoms with E-state index in [-0.39, 0.29) is 17.6 Å². The van der Waals surface area contributed by atoms with E-state index in [1.807, 2.05) is 20.8 Å². The molecule has 0 spiro atoms. The predicted octanol–water partition coefficient (Wildman–Crippen LogP) is 7.47. The summed E-state index contributed by atoms with van der Waals surface area (Å²) in [5.74, 6) is 1.87. The summed E-state index contributed by atoms with van der Waals surface area (Å²) in [5.41, 5.74) is 4.24. The van der Waals surface area contributed by atoms with Gasteiger partial charge in [0.2, 0.25) is 5.91 Å². The summed E-state index contributed by atoms with van der Waals surface area (Å²) in [7, 11) is 0. The van der Waals surface area contributed by atoms with Crippen molar-refractivity contribution in [2.75, 3.05) is 19.8 Å². The smallest absolute Gasteiger partial charge is 0.273 e. The Labute approximate surface area is 281 Å².